The molecule has 1 aliphatic carbocycles. The highest BCUT2D eigenvalue weighted by Crippen LogP contribution is 2.33. The van der Waals surface area contributed by atoms with Crippen molar-refractivity contribution in [1.82, 2.24) is 5.32 Å². The summed E-state index contributed by atoms with van der Waals surface area (Å²) in [5, 5.41) is 11.2. The minimum atomic E-state index is -0.832. The molecule has 2 N–H and O–H groups in total. The maximum atomic E-state index is 11.4. The number of hydrogen-bond donors (Lipinski definition) is 2. The fourth-order valence-corrected chi connectivity index (χ4v) is 1.79. The summed E-state index contributed by atoms with van der Waals surface area (Å²) >= 11 is 0. The quantitative estimate of drug-likeness (QED) is 0.834. The third kappa shape index (κ3) is 3.76. The monoisotopic (exact) mass is 249 g/mol. The molecule has 96 valence electrons. The van der Waals surface area contributed by atoms with E-state index in [4.69, 9.17) is 9.84 Å². The first-order valence-electron chi connectivity index (χ1n) is 5.84. The lowest BCUT2D eigenvalue weighted by Crippen LogP contribution is -2.27. The Kier molecular flexibility index (Phi) is 3.82. The standard InChI is InChI=1S/C13H15NO4/c15-12(16)7-10-6-11(10)14-13(17)18-8-9-4-2-1-3-5-9/h1-5,10-11H,6-8H2,(H,14,17)(H,15,16). The third-order valence-electron chi connectivity index (χ3n) is 2.88. The number of ether oxygens (including phenoxy) is 1. The predicted octanol–water partition coefficient (Wildman–Crippen LogP) is 1.78. The van der Waals surface area contributed by atoms with Gasteiger partial charge in [-0.1, -0.05) is 30.3 Å². The Balaban J connectivity index is 1.66. The van der Waals surface area contributed by atoms with Gasteiger partial charge in [-0.15, -0.1) is 0 Å². The van der Waals surface area contributed by atoms with Crippen molar-refractivity contribution in [2.45, 2.75) is 25.5 Å². The molecule has 2 rings (SSSR count). The molecular weight excluding hydrogens is 234 g/mol. The van der Waals surface area contributed by atoms with Crippen LogP contribution in [0.2, 0.25) is 0 Å². The van der Waals surface area contributed by atoms with Crippen molar-refractivity contribution in [3.63, 3.8) is 0 Å². The Morgan fingerprint density at radius 2 is 2.06 bits per heavy atom. The van der Waals surface area contributed by atoms with Gasteiger partial charge in [0.05, 0.1) is 6.42 Å². The average molecular weight is 249 g/mol. The van der Waals surface area contributed by atoms with Gasteiger partial charge in [0, 0.05) is 6.04 Å². The van der Waals surface area contributed by atoms with Crippen molar-refractivity contribution < 1.29 is 19.4 Å². The summed E-state index contributed by atoms with van der Waals surface area (Å²) < 4.78 is 5.03. The molecule has 5 nitrogen and oxygen atoms in total. The van der Waals surface area contributed by atoms with Crippen molar-refractivity contribution in [1.29, 1.82) is 0 Å². The fourth-order valence-electron chi connectivity index (χ4n) is 1.79. The molecule has 0 aliphatic heterocycles. The van der Waals surface area contributed by atoms with E-state index in [9.17, 15) is 9.59 Å². The minimum absolute atomic E-state index is 0.0479. The lowest BCUT2D eigenvalue weighted by atomic mass is 10.2. The summed E-state index contributed by atoms with van der Waals surface area (Å²) in [4.78, 5) is 21.9. The third-order valence-corrected chi connectivity index (χ3v) is 2.88. The van der Waals surface area contributed by atoms with Crippen LogP contribution >= 0.6 is 0 Å². The van der Waals surface area contributed by atoms with Gasteiger partial charge in [-0.2, -0.15) is 0 Å². The van der Waals surface area contributed by atoms with E-state index >= 15 is 0 Å². The van der Waals surface area contributed by atoms with Crippen LogP contribution in [0.15, 0.2) is 30.3 Å². The largest absolute Gasteiger partial charge is 0.481 e. The normalized spacial score (nSPS) is 21.1. The number of carbonyl (C=O) groups excluding carboxylic acids is 1. The zero-order valence-corrected chi connectivity index (χ0v) is 9.83. The molecule has 1 aromatic rings. The van der Waals surface area contributed by atoms with Gasteiger partial charge in [-0.25, -0.2) is 4.79 Å². The fraction of sp³-hybridized carbons (Fsp3) is 0.385. The van der Waals surface area contributed by atoms with E-state index in [-0.39, 0.29) is 25.0 Å². The molecule has 2 atom stereocenters. The number of nitrogens with one attached hydrogen (secondary N) is 1. The number of alkyl carbamates (subject to hydrolysis) is 1. The number of amides is 1. The number of hydrogen-bond acceptors (Lipinski definition) is 3. The van der Waals surface area contributed by atoms with Gasteiger partial charge in [0.2, 0.25) is 0 Å². The van der Waals surface area contributed by atoms with Crippen molar-refractivity contribution >= 4 is 12.1 Å². The first kappa shape index (κ1) is 12.4. The van der Waals surface area contributed by atoms with Gasteiger partial charge >= 0.3 is 12.1 Å². The van der Waals surface area contributed by atoms with Gasteiger partial charge in [0.15, 0.2) is 0 Å². The van der Waals surface area contributed by atoms with Gasteiger partial charge in [0.1, 0.15) is 6.61 Å². The second-order valence-electron chi connectivity index (χ2n) is 4.41. The second-order valence-corrected chi connectivity index (χ2v) is 4.41. The summed E-state index contributed by atoms with van der Waals surface area (Å²) in [7, 11) is 0. The summed E-state index contributed by atoms with van der Waals surface area (Å²) in [5.41, 5.74) is 0.922. The van der Waals surface area contributed by atoms with Crippen molar-refractivity contribution in [3.8, 4) is 0 Å². The molecule has 5 heteroatoms. The van der Waals surface area contributed by atoms with Gasteiger partial charge in [-0.3, -0.25) is 4.79 Å². The van der Waals surface area contributed by atoms with E-state index in [1.165, 1.54) is 0 Å². The highest BCUT2D eigenvalue weighted by atomic mass is 16.5. The first-order chi connectivity index (χ1) is 8.65. The van der Waals surface area contributed by atoms with Crippen LogP contribution in [0.4, 0.5) is 4.79 Å². The van der Waals surface area contributed by atoms with Crippen LogP contribution in [0.5, 0.6) is 0 Å². The molecule has 1 fully saturated rings. The van der Waals surface area contributed by atoms with Gasteiger partial charge < -0.3 is 15.2 Å². The molecule has 0 heterocycles. The predicted molar refractivity (Wildman–Crippen MR) is 63.9 cm³/mol. The molecule has 1 aromatic carbocycles. The van der Waals surface area contributed by atoms with Crippen LogP contribution in [0.25, 0.3) is 0 Å². The molecule has 1 amide bonds. The van der Waals surface area contributed by atoms with Crippen molar-refractivity contribution in [2.75, 3.05) is 0 Å². The number of benzene rings is 1. The number of rotatable bonds is 5. The van der Waals surface area contributed by atoms with E-state index in [1.54, 1.807) is 0 Å². The number of carboxylic acid groups (broad SMARTS) is 1. The van der Waals surface area contributed by atoms with Crippen LogP contribution < -0.4 is 5.32 Å². The van der Waals surface area contributed by atoms with Crippen molar-refractivity contribution in [2.24, 2.45) is 5.92 Å². The first-order valence-corrected chi connectivity index (χ1v) is 5.84. The molecule has 2 unspecified atom stereocenters. The van der Waals surface area contributed by atoms with E-state index in [1.807, 2.05) is 30.3 Å². The molecule has 1 saturated carbocycles. The molecule has 0 saturated heterocycles. The van der Waals surface area contributed by atoms with Gasteiger partial charge in [-0.05, 0) is 17.9 Å². The lowest BCUT2D eigenvalue weighted by Gasteiger charge is -2.06. The van der Waals surface area contributed by atoms with Crippen LogP contribution in [-0.2, 0) is 16.1 Å². The molecule has 0 bridgehead atoms. The van der Waals surface area contributed by atoms with Crippen LogP contribution in [0.1, 0.15) is 18.4 Å². The highest BCUT2D eigenvalue weighted by Gasteiger charge is 2.40. The molecule has 1 aliphatic rings. The Morgan fingerprint density at radius 3 is 2.72 bits per heavy atom. The lowest BCUT2D eigenvalue weighted by molar-refractivity contribution is -0.137. The van der Waals surface area contributed by atoms with Crippen LogP contribution in [0, 0.1) is 5.92 Å². The molecular formula is C13H15NO4. The SMILES string of the molecule is O=C(O)CC1CC1NC(=O)OCc1ccccc1. The second kappa shape index (κ2) is 5.53. The minimum Gasteiger partial charge on any atom is -0.481 e. The van der Waals surface area contributed by atoms with Crippen LogP contribution in [0.3, 0.4) is 0 Å². The average Bonchev–Trinajstić information content (AvgIpc) is 3.05. The summed E-state index contributed by atoms with van der Waals surface area (Å²) in [6.45, 7) is 0.225. The van der Waals surface area contributed by atoms with E-state index in [0.717, 1.165) is 5.56 Å². The molecule has 0 aromatic heterocycles. The smallest absolute Gasteiger partial charge is 0.407 e. The summed E-state index contributed by atoms with van der Waals surface area (Å²) in [5.74, 6) is -0.784. The van der Waals surface area contributed by atoms with E-state index < -0.39 is 12.1 Å². The summed E-state index contributed by atoms with van der Waals surface area (Å²) in [6.07, 6.45) is 0.327. The topological polar surface area (TPSA) is 75.6 Å². The maximum absolute atomic E-state index is 11.4. The Bertz CT molecular complexity index is 432. The summed E-state index contributed by atoms with van der Waals surface area (Å²) in [6, 6.07) is 9.34. The number of carbonyl (C=O) groups is 2. The zero-order valence-electron chi connectivity index (χ0n) is 9.83. The Hall–Kier alpha value is -2.04. The van der Waals surface area contributed by atoms with E-state index in [2.05, 4.69) is 5.32 Å². The Morgan fingerprint density at radius 1 is 1.33 bits per heavy atom. The Labute approximate surface area is 105 Å². The highest BCUT2D eigenvalue weighted by molar-refractivity contribution is 5.70. The van der Waals surface area contributed by atoms with Gasteiger partial charge in [0.25, 0.3) is 0 Å². The number of carboxylic acids is 1. The van der Waals surface area contributed by atoms with E-state index in [0.29, 0.717) is 6.42 Å². The number of aliphatic carboxylic acids is 1. The molecule has 18 heavy (non-hydrogen) atoms. The van der Waals surface area contributed by atoms with Crippen molar-refractivity contribution in [3.05, 3.63) is 35.9 Å². The zero-order chi connectivity index (χ0) is 13.0. The molecule has 0 radical (unpaired) electrons. The molecule has 0 spiro atoms. The van der Waals surface area contributed by atoms with Crippen LogP contribution in [-0.4, -0.2) is 23.2 Å². The maximum Gasteiger partial charge on any atom is 0.407 e.